The summed E-state index contributed by atoms with van der Waals surface area (Å²) < 4.78 is 7.24. The molecule has 1 heterocycles. The molecule has 1 aromatic heterocycles. The first-order valence-corrected chi connectivity index (χ1v) is 7.42. The Morgan fingerprint density at radius 1 is 1.32 bits per heavy atom. The minimum atomic E-state index is 0.667. The van der Waals surface area contributed by atoms with Crippen LogP contribution in [0.25, 0.3) is 0 Å². The van der Waals surface area contributed by atoms with E-state index in [1.807, 2.05) is 7.05 Å². The fraction of sp³-hybridized carbons (Fsp3) is 0.857. The minimum absolute atomic E-state index is 0.667. The van der Waals surface area contributed by atoms with Gasteiger partial charge in [-0.05, 0) is 32.7 Å². The van der Waals surface area contributed by atoms with E-state index in [9.17, 15) is 0 Å². The summed E-state index contributed by atoms with van der Waals surface area (Å²) >= 11 is 0. The monoisotopic (exact) mass is 266 g/mol. The van der Waals surface area contributed by atoms with Crippen LogP contribution in [0.5, 0.6) is 0 Å². The topological polar surface area (TPSA) is 52.0 Å². The molecule has 0 unspecified atom stereocenters. The predicted octanol–water partition coefficient (Wildman–Crippen LogP) is 2.08. The van der Waals surface area contributed by atoms with Crippen molar-refractivity contribution in [2.45, 2.75) is 57.5 Å². The third-order valence-electron chi connectivity index (χ3n) is 3.90. The van der Waals surface area contributed by atoms with Crippen molar-refractivity contribution >= 4 is 0 Å². The molecule has 0 atom stereocenters. The number of nitrogens with zero attached hydrogens (tertiary/aromatic N) is 3. The molecule has 0 aliphatic heterocycles. The van der Waals surface area contributed by atoms with E-state index in [-0.39, 0.29) is 0 Å². The maximum absolute atomic E-state index is 5.10. The van der Waals surface area contributed by atoms with Crippen LogP contribution in [0.4, 0.5) is 0 Å². The number of hydrogen-bond acceptors (Lipinski definition) is 4. The van der Waals surface area contributed by atoms with Crippen molar-refractivity contribution in [2.24, 2.45) is 0 Å². The SMILES string of the molecule is CNCc1nnn(CCCCOC)c1C1CCCC1. The molecule has 1 saturated carbocycles. The maximum Gasteiger partial charge on any atom is 0.0999 e. The van der Waals surface area contributed by atoms with Crippen molar-refractivity contribution in [1.29, 1.82) is 0 Å². The summed E-state index contributed by atoms with van der Waals surface area (Å²) in [5.41, 5.74) is 2.52. The first-order valence-electron chi connectivity index (χ1n) is 7.42. The van der Waals surface area contributed by atoms with E-state index in [4.69, 9.17) is 4.74 Å². The van der Waals surface area contributed by atoms with Crippen molar-refractivity contribution in [2.75, 3.05) is 20.8 Å². The van der Waals surface area contributed by atoms with Gasteiger partial charge < -0.3 is 10.1 Å². The Labute approximate surface area is 115 Å². The summed E-state index contributed by atoms with van der Waals surface area (Å²) in [4.78, 5) is 0. The Morgan fingerprint density at radius 3 is 2.79 bits per heavy atom. The zero-order chi connectivity index (χ0) is 13.5. The molecule has 1 fully saturated rings. The quantitative estimate of drug-likeness (QED) is 0.732. The largest absolute Gasteiger partial charge is 0.385 e. The number of methoxy groups -OCH3 is 1. The second-order valence-corrected chi connectivity index (χ2v) is 5.36. The highest BCUT2D eigenvalue weighted by Gasteiger charge is 2.25. The summed E-state index contributed by atoms with van der Waals surface area (Å²) in [6, 6.07) is 0. The van der Waals surface area contributed by atoms with Gasteiger partial charge in [-0.25, -0.2) is 4.68 Å². The highest BCUT2D eigenvalue weighted by atomic mass is 16.5. The molecule has 0 radical (unpaired) electrons. The van der Waals surface area contributed by atoms with Gasteiger partial charge in [-0.2, -0.15) is 0 Å². The Balaban J connectivity index is 2.03. The minimum Gasteiger partial charge on any atom is -0.385 e. The molecule has 1 aliphatic rings. The Morgan fingerprint density at radius 2 is 2.11 bits per heavy atom. The molecule has 0 spiro atoms. The first kappa shape index (κ1) is 14.5. The van der Waals surface area contributed by atoms with Gasteiger partial charge in [0, 0.05) is 32.7 Å². The lowest BCUT2D eigenvalue weighted by Crippen LogP contribution is -2.13. The Hall–Kier alpha value is -0.940. The number of nitrogens with one attached hydrogen (secondary N) is 1. The highest BCUT2D eigenvalue weighted by Crippen LogP contribution is 2.35. The van der Waals surface area contributed by atoms with Gasteiger partial charge >= 0.3 is 0 Å². The maximum atomic E-state index is 5.10. The number of aryl methyl sites for hydroxylation is 1. The lowest BCUT2D eigenvalue weighted by atomic mass is 10.0. The van der Waals surface area contributed by atoms with E-state index in [2.05, 4.69) is 20.3 Å². The van der Waals surface area contributed by atoms with Crippen LogP contribution in [0, 0.1) is 0 Å². The lowest BCUT2D eigenvalue weighted by molar-refractivity contribution is 0.190. The second kappa shape index (κ2) is 7.60. The van der Waals surface area contributed by atoms with Gasteiger partial charge in [0.1, 0.15) is 0 Å². The fourth-order valence-corrected chi connectivity index (χ4v) is 2.97. The molecule has 108 valence electrons. The number of aromatic nitrogens is 3. The van der Waals surface area contributed by atoms with Gasteiger partial charge in [0.2, 0.25) is 0 Å². The molecule has 5 nitrogen and oxygen atoms in total. The van der Waals surface area contributed by atoms with E-state index in [1.54, 1.807) is 7.11 Å². The number of hydrogen-bond donors (Lipinski definition) is 1. The molecule has 1 N–H and O–H groups in total. The summed E-state index contributed by atoms with van der Waals surface area (Å²) in [5.74, 6) is 0.667. The zero-order valence-corrected chi connectivity index (χ0v) is 12.2. The van der Waals surface area contributed by atoms with E-state index in [0.717, 1.165) is 38.2 Å². The zero-order valence-electron chi connectivity index (χ0n) is 12.2. The van der Waals surface area contributed by atoms with Gasteiger partial charge in [-0.1, -0.05) is 18.1 Å². The molecule has 0 aromatic carbocycles. The van der Waals surface area contributed by atoms with Crippen molar-refractivity contribution in [1.82, 2.24) is 20.3 Å². The standard InChI is InChI=1S/C14H26N4O/c1-15-11-13-14(12-7-3-4-8-12)18(17-16-13)9-5-6-10-19-2/h12,15H,3-11H2,1-2H3. The van der Waals surface area contributed by atoms with Gasteiger partial charge in [-0.3, -0.25) is 0 Å². The number of ether oxygens (including phenoxy) is 1. The third-order valence-corrected chi connectivity index (χ3v) is 3.90. The normalized spacial score (nSPS) is 16.3. The van der Waals surface area contributed by atoms with E-state index in [1.165, 1.54) is 31.4 Å². The van der Waals surface area contributed by atoms with E-state index >= 15 is 0 Å². The molecule has 0 amide bonds. The smallest absolute Gasteiger partial charge is 0.0999 e. The van der Waals surface area contributed by atoms with Crippen LogP contribution in [0.15, 0.2) is 0 Å². The molecular weight excluding hydrogens is 240 g/mol. The molecule has 2 rings (SSSR count). The average molecular weight is 266 g/mol. The van der Waals surface area contributed by atoms with Crippen LogP contribution in [0.2, 0.25) is 0 Å². The van der Waals surface area contributed by atoms with E-state index < -0.39 is 0 Å². The van der Waals surface area contributed by atoms with Crippen LogP contribution in [0.3, 0.4) is 0 Å². The van der Waals surface area contributed by atoms with Gasteiger partial charge in [-0.15, -0.1) is 5.10 Å². The predicted molar refractivity (Wildman–Crippen MR) is 75.1 cm³/mol. The van der Waals surface area contributed by atoms with Crippen LogP contribution in [-0.4, -0.2) is 35.8 Å². The highest BCUT2D eigenvalue weighted by molar-refractivity contribution is 5.17. The first-order chi connectivity index (χ1) is 9.36. The molecule has 19 heavy (non-hydrogen) atoms. The van der Waals surface area contributed by atoms with Crippen LogP contribution >= 0.6 is 0 Å². The molecular formula is C14H26N4O. The van der Waals surface area contributed by atoms with E-state index in [0.29, 0.717) is 5.92 Å². The summed E-state index contributed by atoms with van der Waals surface area (Å²) in [5, 5.41) is 11.9. The summed E-state index contributed by atoms with van der Waals surface area (Å²) in [6.07, 6.45) is 7.47. The fourth-order valence-electron chi connectivity index (χ4n) is 2.97. The second-order valence-electron chi connectivity index (χ2n) is 5.36. The summed E-state index contributed by atoms with van der Waals surface area (Å²) in [7, 11) is 3.72. The van der Waals surface area contributed by atoms with Crippen LogP contribution in [-0.2, 0) is 17.8 Å². The van der Waals surface area contributed by atoms with Crippen molar-refractivity contribution in [3.8, 4) is 0 Å². The van der Waals surface area contributed by atoms with Crippen molar-refractivity contribution in [3.63, 3.8) is 0 Å². The van der Waals surface area contributed by atoms with Gasteiger partial charge in [0.25, 0.3) is 0 Å². The van der Waals surface area contributed by atoms with Gasteiger partial charge in [0.05, 0.1) is 11.4 Å². The number of rotatable bonds is 8. The molecule has 0 saturated heterocycles. The molecule has 1 aliphatic carbocycles. The van der Waals surface area contributed by atoms with Crippen LogP contribution < -0.4 is 5.32 Å². The third kappa shape index (κ3) is 3.76. The van der Waals surface area contributed by atoms with Gasteiger partial charge in [0.15, 0.2) is 0 Å². The van der Waals surface area contributed by atoms with Crippen molar-refractivity contribution in [3.05, 3.63) is 11.4 Å². The molecule has 0 bridgehead atoms. The molecule has 1 aromatic rings. The summed E-state index contributed by atoms with van der Waals surface area (Å²) in [6.45, 7) is 2.62. The lowest BCUT2D eigenvalue weighted by Gasteiger charge is -2.13. The molecule has 5 heteroatoms. The Kier molecular flexibility index (Phi) is 5.79. The van der Waals surface area contributed by atoms with Crippen molar-refractivity contribution < 1.29 is 4.74 Å². The average Bonchev–Trinajstić information content (AvgIpc) is 3.04. The van der Waals surface area contributed by atoms with Crippen LogP contribution in [0.1, 0.15) is 55.8 Å². The Bertz CT molecular complexity index is 372. The number of unbranched alkanes of at least 4 members (excludes halogenated alkanes) is 1.